The lowest BCUT2D eigenvalue weighted by atomic mass is 10.3. The highest BCUT2D eigenvalue weighted by atomic mass is 32.2. The van der Waals surface area contributed by atoms with Gasteiger partial charge in [0, 0.05) is 18.8 Å². The van der Waals surface area contributed by atoms with Gasteiger partial charge in [0.1, 0.15) is 0 Å². The van der Waals surface area contributed by atoms with Gasteiger partial charge in [-0.3, -0.25) is 0 Å². The molecule has 4 heteroatoms. The largest absolute Gasteiger partial charge is 0.369 e. The first-order chi connectivity index (χ1) is 6.67. The summed E-state index contributed by atoms with van der Waals surface area (Å²) in [4.78, 5) is 2.08. The lowest BCUT2D eigenvalue weighted by Crippen LogP contribution is -2.40. The van der Waals surface area contributed by atoms with E-state index in [0.29, 0.717) is 13.1 Å². The van der Waals surface area contributed by atoms with E-state index in [9.17, 15) is 8.42 Å². The van der Waals surface area contributed by atoms with Crippen molar-refractivity contribution in [3.8, 4) is 0 Å². The SMILES string of the molecule is O=S1(=O)CCN(c2c[c]ccc2)CC1. The van der Waals surface area contributed by atoms with Crippen LogP contribution in [0.2, 0.25) is 0 Å². The minimum Gasteiger partial charge on any atom is -0.369 e. The summed E-state index contributed by atoms with van der Waals surface area (Å²) in [5.41, 5.74) is 1.06. The van der Waals surface area contributed by atoms with Crippen molar-refractivity contribution in [1.82, 2.24) is 0 Å². The fourth-order valence-electron chi connectivity index (χ4n) is 1.55. The maximum atomic E-state index is 11.2. The maximum Gasteiger partial charge on any atom is 0.153 e. The third-order valence-corrected chi connectivity index (χ3v) is 4.01. The van der Waals surface area contributed by atoms with E-state index < -0.39 is 9.84 Å². The molecule has 0 bridgehead atoms. The van der Waals surface area contributed by atoms with Gasteiger partial charge < -0.3 is 4.90 Å². The van der Waals surface area contributed by atoms with Crippen molar-refractivity contribution in [2.75, 3.05) is 29.5 Å². The minimum absolute atomic E-state index is 0.266. The monoisotopic (exact) mass is 210 g/mol. The van der Waals surface area contributed by atoms with Crippen LogP contribution < -0.4 is 4.90 Å². The lowest BCUT2D eigenvalue weighted by Gasteiger charge is -2.28. The molecule has 0 unspecified atom stereocenters. The number of sulfone groups is 1. The Labute approximate surface area is 84.3 Å². The first kappa shape index (κ1) is 9.52. The average molecular weight is 210 g/mol. The Hall–Kier alpha value is -1.03. The number of benzene rings is 1. The van der Waals surface area contributed by atoms with Gasteiger partial charge in [0.25, 0.3) is 0 Å². The van der Waals surface area contributed by atoms with Crippen LogP contribution in [-0.2, 0) is 9.84 Å². The second-order valence-corrected chi connectivity index (χ2v) is 5.70. The van der Waals surface area contributed by atoms with Crippen molar-refractivity contribution in [3.63, 3.8) is 0 Å². The molecule has 1 aromatic rings. The van der Waals surface area contributed by atoms with Gasteiger partial charge in [0.2, 0.25) is 0 Å². The lowest BCUT2D eigenvalue weighted by molar-refractivity contribution is 0.587. The molecule has 2 rings (SSSR count). The Morgan fingerprint density at radius 2 is 2.00 bits per heavy atom. The average Bonchev–Trinajstić information content (AvgIpc) is 2.19. The van der Waals surface area contributed by atoms with Gasteiger partial charge in [0.15, 0.2) is 9.84 Å². The third kappa shape index (κ3) is 2.07. The number of rotatable bonds is 1. The molecule has 1 aliphatic heterocycles. The second-order valence-electron chi connectivity index (χ2n) is 3.40. The van der Waals surface area contributed by atoms with E-state index >= 15 is 0 Å². The summed E-state index contributed by atoms with van der Waals surface area (Å²) in [6.07, 6.45) is 0. The van der Waals surface area contributed by atoms with Gasteiger partial charge >= 0.3 is 0 Å². The van der Waals surface area contributed by atoms with Crippen molar-refractivity contribution >= 4 is 15.5 Å². The quantitative estimate of drug-likeness (QED) is 0.685. The number of anilines is 1. The Kier molecular flexibility index (Phi) is 2.46. The topological polar surface area (TPSA) is 37.4 Å². The molecule has 3 nitrogen and oxygen atoms in total. The van der Waals surface area contributed by atoms with Gasteiger partial charge in [-0.2, -0.15) is 0 Å². The molecule has 1 aromatic carbocycles. The molecule has 1 heterocycles. The Morgan fingerprint density at radius 3 is 2.57 bits per heavy atom. The van der Waals surface area contributed by atoms with E-state index in [4.69, 9.17) is 0 Å². The predicted molar refractivity (Wildman–Crippen MR) is 56.1 cm³/mol. The van der Waals surface area contributed by atoms with Crippen molar-refractivity contribution in [3.05, 3.63) is 30.3 Å². The zero-order valence-electron chi connectivity index (χ0n) is 7.81. The van der Waals surface area contributed by atoms with Gasteiger partial charge in [-0.05, 0) is 18.2 Å². The van der Waals surface area contributed by atoms with Crippen molar-refractivity contribution in [2.45, 2.75) is 0 Å². The van der Waals surface area contributed by atoms with Crippen LogP contribution >= 0.6 is 0 Å². The van der Waals surface area contributed by atoms with Crippen molar-refractivity contribution in [1.29, 1.82) is 0 Å². The number of hydrogen-bond donors (Lipinski definition) is 0. The Bertz CT molecular complexity index is 385. The predicted octanol–water partition coefficient (Wildman–Crippen LogP) is 0.722. The zero-order chi connectivity index (χ0) is 10.0. The molecular formula is C10H12NO2S. The number of nitrogens with zero attached hydrogens (tertiary/aromatic N) is 1. The van der Waals surface area contributed by atoms with Gasteiger partial charge in [-0.15, -0.1) is 0 Å². The molecule has 1 saturated heterocycles. The Morgan fingerprint density at radius 1 is 1.29 bits per heavy atom. The van der Waals surface area contributed by atoms with Crippen LogP contribution in [0.3, 0.4) is 0 Å². The molecule has 0 saturated carbocycles. The summed E-state index contributed by atoms with van der Waals surface area (Å²) in [5.74, 6) is 0.532. The minimum atomic E-state index is -2.78. The summed E-state index contributed by atoms with van der Waals surface area (Å²) >= 11 is 0. The van der Waals surface area contributed by atoms with Crippen molar-refractivity contribution in [2.24, 2.45) is 0 Å². The van der Waals surface area contributed by atoms with Crippen LogP contribution in [0.4, 0.5) is 5.69 Å². The molecule has 1 radical (unpaired) electrons. The highest BCUT2D eigenvalue weighted by molar-refractivity contribution is 7.91. The van der Waals surface area contributed by atoms with E-state index in [1.165, 1.54) is 0 Å². The summed E-state index contributed by atoms with van der Waals surface area (Å²) in [7, 11) is -2.78. The number of hydrogen-bond acceptors (Lipinski definition) is 3. The molecule has 0 atom stereocenters. The molecule has 0 aliphatic carbocycles. The van der Waals surface area contributed by atoms with Crippen molar-refractivity contribution < 1.29 is 8.42 Å². The molecule has 0 aromatic heterocycles. The van der Waals surface area contributed by atoms with Crippen LogP contribution in [0.1, 0.15) is 0 Å². The van der Waals surface area contributed by atoms with E-state index in [2.05, 4.69) is 11.0 Å². The van der Waals surface area contributed by atoms with E-state index in [-0.39, 0.29) is 11.5 Å². The summed E-state index contributed by atoms with van der Waals surface area (Å²) in [5, 5.41) is 0. The van der Waals surface area contributed by atoms with Crippen LogP contribution in [0.5, 0.6) is 0 Å². The second kappa shape index (κ2) is 3.61. The summed E-state index contributed by atoms with van der Waals surface area (Å²) in [6.45, 7) is 1.19. The van der Waals surface area contributed by atoms with Gasteiger partial charge in [-0.1, -0.05) is 12.1 Å². The molecule has 14 heavy (non-hydrogen) atoms. The van der Waals surface area contributed by atoms with Crippen LogP contribution in [0.25, 0.3) is 0 Å². The fraction of sp³-hybridized carbons (Fsp3) is 0.400. The van der Waals surface area contributed by atoms with Crippen LogP contribution in [0, 0.1) is 6.07 Å². The van der Waals surface area contributed by atoms with E-state index in [1.807, 2.05) is 24.3 Å². The summed E-state index contributed by atoms with van der Waals surface area (Å²) < 4.78 is 22.4. The molecule has 1 aliphatic rings. The summed E-state index contributed by atoms with van der Waals surface area (Å²) in [6, 6.07) is 10.6. The van der Waals surface area contributed by atoms with Crippen LogP contribution in [0.15, 0.2) is 24.3 Å². The molecule has 1 fully saturated rings. The first-order valence-corrected chi connectivity index (χ1v) is 6.41. The Balaban J connectivity index is 2.10. The third-order valence-electron chi connectivity index (χ3n) is 2.40. The molecule has 0 N–H and O–H groups in total. The van der Waals surface area contributed by atoms with E-state index in [0.717, 1.165) is 5.69 Å². The molecule has 75 valence electrons. The molecular weight excluding hydrogens is 198 g/mol. The van der Waals surface area contributed by atoms with Gasteiger partial charge in [0.05, 0.1) is 11.5 Å². The van der Waals surface area contributed by atoms with E-state index in [1.54, 1.807) is 0 Å². The zero-order valence-corrected chi connectivity index (χ0v) is 8.63. The standard InChI is InChI=1S/C10H12NO2S/c12-14(13)8-6-11(7-9-14)10-4-2-1-3-5-10/h1-2,4-5H,6-9H2. The van der Waals surface area contributed by atoms with Crippen LogP contribution in [-0.4, -0.2) is 33.0 Å². The fourth-order valence-corrected chi connectivity index (χ4v) is 2.75. The highest BCUT2D eigenvalue weighted by Gasteiger charge is 2.21. The molecule has 0 amide bonds. The first-order valence-electron chi connectivity index (χ1n) is 4.59. The van der Waals surface area contributed by atoms with Gasteiger partial charge in [-0.25, -0.2) is 8.42 Å². The maximum absolute atomic E-state index is 11.2. The normalized spacial score (nSPS) is 20.7. The highest BCUT2D eigenvalue weighted by Crippen LogP contribution is 2.15. The smallest absolute Gasteiger partial charge is 0.153 e. The molecule has 0 spiro atoms.